The fourth-order valence-electron chi connectivity index (χ4n) is 2.35. The van der Waals surface area contributed by atoms with Crippen molar-refractivity contribution in [3.8, 4) is 0 Å². The molecule has 0 saturated carbocycles. The Labute approximate surface area is 123 Å². The van der Waals surface area contributed by atoms with E-state index < -0.39 is 31.1 Å². The molecule has 0 unspecified atom stereocenters. The monoisotopic (exact) mass is 309 g/mol. The molecule has 0 radical (unpaired) electrons. The Kier molecular flexibility index (Phi) is 3.41. The van der Waals surface area contributed by atoms with Crippen molar-refractivity contribution in [3.63, 3.8) is 0 Å². The van der Waals surface area contributed by atoms with Crippen molar-refractivity contribution in [2.24, 2.45) is 5.73 Å². The number of imidazole rings is 1. The molecule has 2 aromatic rings. The summed E-state index contributed by atoms with van der Waals surface area (Å²) < 4.78 is 6.77. The Morgan fingerprint density at radius 2 is 2.09 bits per heavy atom. The van der Waals surface area contributed by atoms with Gasteiger partial charge in [-0.1, -0.05) is 0 Å². The first-order valence-electron chi connectivity index (χ1n) is 6.41. The summed E-state index contributed by atoms with van der Waals surface area (Å²) in [6.07, 6.45) is -3.15. The number of aliphatic hydroxyl groups is 3. The molecule has 1 fully saturated rings. The highest BCUT2D eigenvalue weighted by Gasteiger charge is 2.44. The van der Waals surface area contributed by atoms with E-state index in [2.05, 4.69) is 15.0 Å². The van der Waals surface area contributed by atoms with Gasteiger partial charge >= 0.3 is 0 Å². The number of nitrogens with two attached hydrogens (primary N) is 2. The number of aromatic nitrogens is 4. The first-order valence-corrected chi connectivity index (χ1v) is 6.41. The topological polar surface area (TPSA) is 189 Å². The second kappa shape index (κ2) is 5.14. The van der Waals surface area contributed by atoms with Gasteiger partial charge in [0, 0.05) is 0 Å². The predicted molar refractivity (Wildman–Crippen MR) is 73.8 cm³/mol. The molecular formula is C11H15N7O4. The number of hydrogen-bond donors (Lipinski definition) is 6. The lowest BCUT2D eigenvalue weighted by atomic mass is 10.1. The lowest BCUT2D eigenvalue weighted by Crippen LogP contribution is -2.33. The standard InChI is InChI=1S/C11H15N7O4/c12-7(13)9-16-8(14)4-10(17-9)18(2-15-4)11-6(21)5(20)3(1-19)22-11/h2-3,5-6,11,19-21H,1H2,(H3,12,13)(H2,14,16,17)/t3-,5-,6-,11-/m1/s1. The van der Waals surface area contributed by atoms with Gasteiger partial charge in [-0.3, -0.25) is 9.98 Å². The zero-order chi connectivity index (χ0) is 16.0. The number of aliphatic hydroxyl groups excluding tert-OH is 3. The number of ether oxygens (including phenoxy) is 1. The van der Waals surface area contributed by atoms with Gasteiger partial charge in [-0.15, -0.1) is 0 Å². The average molecular weight is 309 g/mol. The van der Waals surface area contributed by atoms with Crippen LogP contribution in [0.1, 0.15) is 12.1 Å². The summed E-state index contributed by atoms with van der Waals surface area (Å²) in [5, 5.41) is 36.4. The fourth-order valence-corrected chi connectivity index (χ4v) is 2.35. The zero-order valence-electron chi connectivity index (χ0n) is 11.3. The predicted octanol–water partition coefficient (Wildman–Crippen LogP) is -2.70. The quantitative estimate of drug-likeness (QED) is 0.259. The first kappa shape index (κ1) is 14.6. The van der Waals surface area contributed by atoms with Crippen molar-refractivity contribution >= 4 is 22.8 Å². The highest BCUT2D eigenvalue weighted by Crippen LogP contribution is 2.31. The smallest absolute Gasteiger partial charge is 0.198 e. The molecule has 0 aliphatic carbocycles. The maximum absolute atomic E-state index is 10.1. The molecule has 1 aliphatic rings. The molecule has 1 aliphatic heterocycles. The third-order valence-electron chi connectivity index (χ3n) is 3.48. The van der Waals surface area contributed by atoms with E-state index >= 15 is 0 Å². The highest BCUT2D eigenvalue weighted by molar-refractivity contribution is 5.94. The number of fused-ring (bicyclic) bond motifs is 1. The van der Waals surface area contributed by atoms with Crippen molar-refractivity contribution in [1.29, 1.82) is 5.41 Å². The van der Waals surface area contributed by atoms with Crippen LogP contribution in [0.5, 0.6) is 0 Å². The molecule has 22 heavy (non-hydrogen) atoms. The highest BCUT2D eigenvalue weighted by atomic mass is 16.6. The summed E-state index contributed by atoms with van der Waals surface area (Å²) in [7, 11) is 0. The van der Waals surface area contributed by atoms with Crippen LogP contribution >= 0.6 is 0 Å². The molecular weight excluding hydrogens is 294 g/mol. The van der Waals surface area contributed by atoms with Crippen LogP contribution in [0.15, 0.2) is 6.33 Å². The summed E-state index contributed by atoms with van der Waals surface area (Å²) >= 11 is 0. The van der Waals surface area contributed by atoms with Crippen LogP contribution in [-0.2, 0) is 4.74 Å². The van der Waals surface area contributed by atoms with E-state index in [1.54, 1.807) is 0 Å². The van der Waals surface area contributed by atoms with Gasteiger partial charge in [0.25, 0.3) is 0 Å². The van der Waals surface area contributed by atoms with Crippen LogP contribution in [0, 0.1) is 5.41 Å². The van der Waals surface area contributed by atoms with E-state index in [0.29, 0.717) is 0 Å². The molecule has 118 valence electrons. The van der Waals surface area contributed by atoms with Crippen molar-refractivity contribution in [2.75, 3.05) is 12.3 Å². The normalized spacial score (nSPS) is 28.3. The van der Waals surface area contributed by atoms with Gasteiger partial charge in [-0.2, -0.15) is 0 Å². The maximum Gasteiger partial charge on any atom is 0.198 e. The molecule has 4 atom stereocenters. The number of nitrogens with zero attached hydrogens (tertiary/aromatic N) is 4. The third-order valence-corrected chi connectivity index (χ3v) is 3.48. The molecule has 2 aromatic heterocycles. The van der Waals surface area contributed by atoms with Gasteiger partial charge in [0.2, 0.25) is 0 Å². The number of amidine groups is 1. The lowest BCUT2D eigenvalue weighted by Gasteiger charge is -2.16. The Morgan fingerprint density at radius 1 is 1.36 bits per heavy atom. The van der Waals surface area contributed by atoms with Crippen LogP contribution < -0.4 is 11.5 Å². The third kappa shape index (κ3) is 2.07. The number of nitrogens with one attached hydrogen (secondary N) is 1. The Bertz CT molecular complexity index is 733. The first-order chi connectivity index (χ1) is 10.4. The molecule has 1 saturated heterocycles. The molecule has 3 rings (SSSR count). The number of nitrogen functional groups attached to an aromatic ring is 2. The van der Waals surface area contributed by atoms with Gasteiger partial charge in [0.1, 0.15) is 23.8 Å². The van der Waals surface area contributed by atoms with Crippen molar-refractivity contribution in [3.05, 3.63) is 12.2 Å². The van der Waals surface area contributed by atoms with E-state index in [4.69, 9.17) is 26.7 Å². The fraction of sp³-hybridized carbons (Fsp3) is 0.455. The molecule has 0 spiro atoms. The SMILES string of the molecule is N=C(N)c1nc(N)c2ncn([C@@H]3O[C@H](CO)[C@@H](O)[C@H]3O)c2n1. The van der Waals surface area contributed by atoms with Crippen LogP contribution in [0.25, 0.3) is 11.2 Å². The summed E-state index contributed by atoms with van der Waals surface area (Å²) in [6.45, 7) is -0.447. The van der Waals surface area contributed by atoms with E-state index in [1.165, 1.54) is 10.9 Å². The average Bonchev–Trinajstić information content (AvgIpc) is 3.02. The lowest BCUT2D eigenvalue weighted by molar-refractivity contribution is -0.0511. The number of anilines is 1. The molecule has 8 N–H and O–H groups in total. The molecule has 3 heterocycles. The summed E-state index contributed by atoms with van der Waals surface area (Å²) in [5.74, 6) is -0.429. The number of hydrogen-bond acceptors (Lipinski definition) is 9. The van der Waals surface area contributed by atoms with Gasteiger partial charge in [-0.25, -0.2) is 15.0 Å². The van der Waals surface area contributed by atoms with E-state index in [0.717, 1.165) is 0 Å². The maximum atomic E-state index is 10.1. The van der Waals surface area contributed by atoms with E-state index in [-0.39, 0.29) is 28.6 Å². The second-order valence-corrected chi connectivity index (χ2v) is 4.90. The van der Waals surface area contributed by atoms with Crippen LogP contribution in [0.4, 0.5) is 5.82 Å². The second-order valence-electron chi connectivity index (χ2n) is 4.90. The minimum atomic E-state index is -1.29. The summed E-state index contributed by atoms with van der Waals surface area (Å²) in [6, 6.07) is 0. The van der Waals surface area contributed by atoms with Gasteiger partial charge in [0.15, 0.2) is 29.4 Å². The largest absolute Gasteiger partial charge is 0.394 e. The van der Waals surface area contributed by atoms with Gasteiger partial charge in [0.05, 0.1) is 12.9 Å². The van der Waals surface area contributed by atoms with Crippen LogP contribution in [0.3, 0.4) is 0 Å². The summed E-state index contributed by atoms with van der Waals surface area (Å²) in [4.78, 5) is 12.0. The minimum Gasteiger partial charge on any atom is -0.394 e. The molecule has 0 aromatic carbocycles. The Balaban J connectivity index is 2.10. The Morgan fingerprint density at radius 3 is 2.68 bits per heavy atom. The van der Waals surface area contributed by atoms with Crippen molar-refractivity contribution < 1.29 is 20.1 Å². The zero-order valence-corrected chi connectivity index (χ0v) is 11.3. The van der Waals surface area contributed by atoms with E-state index in [1.807, 2.05) is 0 Å². The number of rotatable bonds is 3. The van der Waals surface area contributed by atoms with Gasteiger partial charge < -0.3 is 31.5 Å². The van der Waals surface area contributed by atoms with E-state index in [9.17, 15) is 10.2 Å². The molecule has 11 heteroatoms. The van der Waals surface area contributed by atoms with Crippen LogP contribution in [-0.4, -0.2) is 65.6 Å². The van der Waals surface area contributed by atoms with Gasteiger partial charge in [-0.05, 0) is 0 Å². The molecule has 11 nitrogen and oxygen atoms in total. The van der Waals surface area contributed by atoms with Crippen molar-refractivity contribution in [2.45, 2.75) is 24.5 Å². The molecule has 0 amide bonds. The minimum absolute atomic E-state index is 0.0284. The van der Waals surface area contributed by atoms with Crippen LogP contribution in [0.2, 0.25) is 0 Å². The van der Waals surface area contributed by atoms with Crippen molar-refractivity contribution in [1.82, 2.24) is 19.5 Å². The summed E-state index contributed by atoms with van der Waals surface area (Å²) in [5.41, 5.74) is 11.6. The Hall–Kier alpha value is -2.34. The molecule has 0 bridgehead atoms.